The average molecular weight is 401 g/mol. The Kier molecular flexibility index (Phi) is 5.10. The van der Waals surface area contributed by atoms with E-state index in [4.69, 9.17) is 9.47 Å². The molecule has 3 fully saturated rings. The summed E-state index contributed by atoms with van der Waals surface area (Å²) in [5.41, 5.74) is 0.115. The number of rotatable bonds is 5. The molecule has 2 heterocycles. The van der Waals surface area contributed by atoms with Crippen LogP contribution in [0.3, 0.4) is 0 Å². The zero-order valence-corrected chi connectivity index (χ0v) is 16.9. The molecule has 29 heavy (non-hydrogen) atoms. The lowest BCUT2D eigenvalue weighted by Gasteiger charge is -2.28. The van der Waals surface area contributed by atoms with Crippen LogP contribution in [0.2, 0.25) is 0 Å². The van der Waals surface area contributed by atoms with E-state index in [2.05, 4.69) is 5.32 Å². The molecule has 2 aliphatic heterocycles. The summed E-state index contributed by atoms with van der Waals surface area (Å²) in [7, 11) is 3.18. The molecule has 4 amide bonds. The molecule has 1 spiro atoms. The Morgan fingerprint density at radius 2 is 1.93 bits per heavy atom. The second kappa shape index (κ2) is 7.57. The summed E-state index contributed by atoms with van der Waals surface area (Å²) < 4.78 is 10.8. The van der Waals surface area contributed by atoms with Crippen LogP contribution in [-0.4, -0.2) is 60.5 Å². The number of nitrogens with zero attached hydrogens (tertiary/aromatic N) is 2. The van der Waals surface area contributed by atoms with E-state index in [0.29, 0.717) is 30.9 Å². The molecule has 1 N–H and O–H groups in total. The number of hydrogen-bond acceptors (Lipinski definition) is 5. The van der Waals surface area contributed by atoms with Crippen molar-refractivity contribution in [3.63, 3.8) is 0 Å². The van der Waals surface area contributed by atoms with Gasteiger partial charge in [-0.05, 0) is 37.8 Å². The number of amides is 4. The van der Waals surface area contributed by atoms with E-state index < -0.39 is 11.6 Å². The fraction of sp³-hybridized carbons (Fsp3) is 0.571. The summed E-state index contributed by atoms with van der Waals surface area (Å²) in [6.07, 6.45) is 4.79. The molecule has 156 valence electrons. The van der Waals surface area contributed by atoms with Gasteiger partial charge >= 0.3 is 6.03 Å². The number of carbonyl (C=O) groups is 3. The van der Waals surface area contributed by atoms with Crippen LogP contribution in [0, 0.1) is 0 Å². The van der Waals surface area contributed by atoms with Gasteiger partial charge in [0.05, 0.1) is 20.3 Å². The first kappa shape index (κ1) is 19.5. The largest absolute Gasteiger partial charge is 0.497 e. The summed E-state index contributed by atoms with van der Waals surface area (Å²) >= 11 is 0. The molecule has 1 aromatic carbocycles. The molecule has 2 saturated heterocycles. The molecule has 8 heteroatoms. The molecule has 1 atom stereocenters. The summed E-state index contributed by atoms with van der Waals surface area (Å²) in [5, 5.41) is 2.83. The summed E-state index contributed by atoms with van der Waals surface area (Å²) in [6.45, 7) is 0.370. The molecule has 1 aromatic rings. The quantitative estimate of drug-likeness (QED) is 0.765. The van der Waals surface area contributed by atoms with Crippen molar-refractivity contribution < 1.29 is 23.9 Å². The third kappa shape index (κ3) is 3.30. The highest BCUT2D eigenvalue weighted by Gasteiger charge is 2.53. The second-order valence-electron chi connectivity index (χ2n) is 7.96. The smallest absolute Gasteiger partial charge is 0.325 e. The molecule has 8 nitrogen and oxygen atoms in total. The Morgan fingerprint density at radius 3 is 2.62 bits per heavy atom. The Hall–Kier alpha value is -2.77. The second-order valence-corrected chi connectivity index (χ2v) is 7.96. The minimum atomic E-state index is -0.791. The maximum absolute atomic E-state index is 13.1. The fourth-order valence-corrected chi connectivity index (χ4v) is 4.85. The average Bonchev–Trinajstić information content (AvgIpc) is 3.45. The molecule has 0 aromatic heterocycles. The molecule has 0 radical (unpaired) electrons. The number of likely N-dealkylation sites (tertiary alicyclic amines) is 1. The lowest BCUT2D eigenvalue weighted by atomic mass is 9.98. The number of carbonyl (C=O) groups excluding carboxylic acids is 3. The van der Waals surface area contributed by atoms with Gasteiger partial charge in [-0.3, -0.25) is 14.5 Å². The highest BCUT2D eigenvalue weighted by atomic mass is 16.5. The third-order valence-electron chi connectivity index (χ3n) is 6.37. The van der Waals surface area contributed by atoms with E-state index in [9.17, 15) is 14.4 Å². The van der Waals surface area contributed by atoms with E-state index in [0.717, 1.165) is 36.1 Å². The van der Waals surface area contributed by atoms with Crippen molar-refractivity contribution in [3.8, 4) is 11.5 Å². The van der Waals surface area contributed by atoms with Gasteiger partial charge in [0.1, 0.15) is 23.6 Å². The van der Waals surface area contributed by atoms with Gasteiger partial charge in [0.15, 0.2) is 0 Å². The van der Waals surface area contributed by atoms with Crippen molar-refractivity contribution in [2.24, 2.45) is 0 Å². The number of methoxy groups -OCH3 is 2. The van der Waals surface area contributed by atoms with Gasteiger partial charge < -0.3 is 19.7 Å². The first-order valence-corrected chi connectivity index (χ1v) is 10.1. The lowest BCUT2D eigenvalue weighted by Crippen LogP contribution is -2.46. The van der Waals surface area contributed by atoms with E-state index >= 15 is 0 Å². The molecular weight excluding hydrogens is 374 g/mol. The number of imide groups is 1. The van der Waals surface area contributed by atoms with Crippen LogP contribution >= 0.6 is 0 Å². The standard InChI is InChI=1S/C21H27N3O5/c1-28-14-7-8-15(17(12-14)29-2)16-6-5-11-23(16)18(25)13-24-19(26)21(22-20(24)27)9-3-4-10-21/h7-8,12,16H,3-6,9-11,13H2,1-2H3,(H,22,27)/t16-/m0/s1. The van der Waals surface area contributed by atoms with Crippen LogP contribution in [0.15, 0.2) is 18.2 Å². The van der Waals surface area contributed by atoms with Gasteiger partial charge in [-0.25, -0.2) is 4.79 Å². The van der Waals surface area contributed by atoms with E-state index in [1.165, 1.54) is 0 Å². The molecular formula is C21H27N3O5. The zero-order chi connectivity index (χ0) is 20.6. The van der Waals surface area contributed by atoms with Gasteiger partial charge in [-0.2, -0.15) is 0 Å². The van der Waals surface area contributed by atoms with Crippen LogP contribution in [0.25, 0.3) is 0 Å². The van der Waals surface area contributed by atoms with Crippen molar-refractivity contribution in [1.29, 1.82) is 0 Å². The number of ether oxygens (including phenoxy) is 2. The summed E-state index contributed by atoms with van der Waals surface area (Å²) in [5.74, 6) is 0.867. The fourth-order valence-electron chi connectivity index (χ4n) is 4.85. The topological polar surface area (TPSA) is 88.2 Å². The normalized spacial score (nSPS) is 23.0. The van der Waals surface area contributed by atoms with Crippen molar-refractivity contribution >= 4 is 17.8 Å². The van der Waals surface area contributed by atoms with Crippen molar-refractivity contribution in [1.82, 2.24) is 15.1 Å². The van der Waals surface area contributed by atoms with E-state index in [-0.39, 0.29) is 24.4 Å². The molecule has 4 rings (SSSR count). The minimum absolute atomic E-state index is 0.149. The van der Waals surface area contributed by atoms with Gasteiger partial charge in [0.25, 0.3) is 5.91 Å². The number of benzene rings is 1. The lowest BCUT2D eigenvalue weighted by molar-refractivity contribution is -0.139. The van der Waals surface area contributed by atoms with Crippen LogP contribution in [0.4, 0.5) is 4.79 Å². The van der Waals surface area contributed by atoms with Gasteiger partial charge in [0.2, 0.25) is 5.91 Å². The van der Waals surface area contributed by atoms with Gasteiger partial charge in [0, 0.05) is 18.2 Å². The van der Waals surface area contributed by atoms with Crippen molar-refractivity contribution in [2.75, 3.05) is 27.3 Å². The summed E-state index contributed by atoms with van der Waals surface area (Å²) in [4.78, 5) is 41.2. The highest BCUT2D eigenvalue weighted by Crippen LogP contribution is 2.39. The monoisotopic (exact) mass is 401 g/mol. The molecule has 1 aliphatic carbocycles. The minimum Gasteiger partial charge on any atom is -0.497 e. The zero-order valence-electron chi connectivity index (χ0n) is 16.9. The predicted molar refractivity (Wildman–Crippen MR) is 105 cm³/mol. The maximum Gasteiger partial charge on any atom is 0.325 e. The van der Waals surface area contributed by atoms with Gasteiger partial charge in [-0.1, -0.05) is 12.8 Å². The Morgan fingerprint density at radius 1 is 1.17 bits per heavy atom. The Balaban J connectivity index is 1.52. The summed E-state index contributed by atoms with van der Waals surface area (Å²) in [6, 6.07) is 4.96. The molecule has 0 bridgehead atoms. The highest BCUT2D eigenvalue weighted by molar-refractivity contribution is 6.09. The Labute approximate surface area is 170 Å². The first-order valence-electron chi connectivity index (χ1n) is 10.1. The van der Waals surface area contributed by atoms with Crippen LogP contribution in [-0.2, 0) is 9.59 Å². The van der Waals surface area contributed by atoms with Gasteiger partial charge in [-0.15, -0.1) is 0 Å². The SMILES string of the molecule is COc1ccc([C@@H]2CCCN2C(=O)CN2C(=O)NC3(CCCC3)C2=O)c(OC)c1. The predicted octanol–water partition coefficient (Wildman–Crippen LogP) is 2.23. The number of hydrogen-bond donors (Lipinski definition) is 1. The Bertz CT molecular complexity index is 834. The molecule has 3 aliphatic rings. The number of nitrogens with one attached hydrogen (secondary N) is 1. The van der Waals surface area contributed by atoms with E-state index in [1.807, 2.05) is 12.1 Å². The number of urea groups is 1. The molecule has 0 unspecified atom stereocenters. The molecule has 1 saturated carbocycles. The van der Waals surface area contributed by atoms with Crippen LogP contribution in [0.1, 0.15) is 50.1 Å². The van der Waals surface area contributed by atoms with Crippen LogP contribution in [0.5, 0.6) is 11.5 Å². The van der Waals surface area contributed by atoms with E-state index in [1.54, 1.807) is 25.2 Å². The van der Waals surface area contributed by atoms with Crippen LogP contribution < -0.4 is 14.8 Å². The van der Waals surface area contributed by atoms with Crippen molar-refractivity contribution in [3.05, 3.63) is 23.8 Å². The third-order valence-corrected chi connectivity index (χ3v) is 6.37. The maximum atomic E-state index is 13.1. The first-order chi connectivity index (χ1) is 14.0. The van der Waals surface area contributed by atoms with Crippen molar-refractivity contribution in [2.45, 2.75) is 50.1 Å².